The highest BCUT2D eigenvalue weighted by Crippen LogP contribution is 2.43. The molecule has 0 aliphatic rings. The molecule has 0 amide bonds. The molecule has 0 saturated heterocycles. The van der Waals surface area contributed by atoms with Gasteiger partial charge in [-0.2, -0.15) is 0 Å². The molecule has 39 heavy (non-hydrogen) atoms. The van der Waals surface area contributed by atoms with E-state index in [9.17, 15) is 14.3 Å². The molecule has 0 bridgehead atoms. The maximum absolute atomic E-state index is 12.4. The quantitative estimate of drug-likeness (QED) is 0.0968. The van der Waals surface area contributed by atoms with Crippen LogP contribution in [0, 0.1) is 5.92 Å². The van der Waals surface area contributed by atoms with Crippen molar-refractivity contribution in [3.63, 3.8) is 0 Å². The van der Waals surface area contributed by atoms with E-state index in [2.05, 4.69) is 6.92 Å². The molecule has 2 unspecified atom stereocenters. The Bertz CT molecular complexity index is 803. The number of carbonyl (C=O) groups is 1. The number of rotatable bonds is 26. The van der Waals surface area contributed by atoms with Gasteiger partial charge < -0.3 is 14.5 Å². The van der Waals surface area contributed by atoms with Gasteiger partial charge in [-0.15, -0.1) is 0 Å². The van der Waals surface area contributed by atoms with Gasteiger partial charge in [0.05, 0.1) is 27.3 Å². The summed E-state index contributed by atoms with van der Waals surface area (Å²) in [5.41, 5.74) is 1.02. The zero-order valence-corrected chi connectivity index (χ0v) is 26.2. The summed E-state index contributed by atoms with van der Waals surface area (Å²) in [6, 6.07) is 7.92. The van der Waals surface area contributed by atoms with Crippen molar-refractivity contribution in [2.75, 3.05) is 40.5 Å². The Morgan fingerprint density at radius 1 is 0.897 bits per heavy atom. The number of benzene rings is 1. The van der Waals surface area contributed by atoms with Crippen LogP contribution in [0.4, 0.5) is 0 Å². The molecule has 0 saturated carbocycles. The zero-order valence-electron chi connectivity index (χ0n) is 25.3. The smallest absolute Gasteiger partial charge is 0.472 e. The third kappa shape index (κ3) is 20.3. The van der Waals surface area contributed by atoms with Gasteiger partial charge in [0.1, 0.15) is 24.7 Å². The van der Waals surface area contributed by atoms with Crippen molar-refractivity contribution >= 4 is 13.6 Å². The lowest BCUT2D eigenvalue weighted by Crippen LogP contribution is -3.06. The number of phosphoric ester groups is 1. The highest BCUT2D eigenvalue weighted by Gasteiger charge is 2.25. The first-order valence-electron chi connectivity index (χ1n) is 15.4. The van der Waals surface area contributed by atoms with E-state index in [1.54, 1.807) is 0 Å². The van der Waals surface area contributed by atoms with Crippen molar-refractivity contribution in [3.05, 3.63) is 29.8 Å². The molecule has 0 aromatic heterocycles. The molecule has 1 rings (SSSR count). The van der Waals surface area contributed by atoms with Crippen LogP contribution < -0.4 is 9.64 Å². The Labute approximate surface area is 238 Å². The van der Waals surface area contributed by atoms with Crippen molar-refractivity contribution < 1.29 is 32.9 Å². The fourth-order valence-corrected chi connectivity index (χ4v) is 5.34. The van der Waals surface area contributed by atoms with E-state index in [0.717, 1.165) is 29.1 Å². The minimum Gasteiger partial charge on any atom is -0.494 e. The number of hydrogen-bond acceptors (Lipinski definition) is 5. The molecular weight excluding hydrogens is 513 g/mol. The molecular formula is C31H57NO6P+. The molecule has 8 heteroatoms. The fourth-order valence-electron chi connectivity index (χ4n) is 4.55. The Morgan fingerprint density at radius 3 is 2.15 bits per heavy atom. The molecule has 7 nitrogen and oxygen atoms in total. The predicted octanol–water partition coefficient (Wildman–Crippen LogP) is 6.57. The van der Waals surface area contributed by atoms with Crippen LogP contribution in [0.5, 0.6) is 5.75 Å². The van der Waals surface area contributed by atoms with E-state index in [1.807, 2.05) is 45.3 Å². The average Bonchev–Trinajstić information content (AvgIpc) is 2.88. The topological polar surface area (TPSA) is 86.5 Å². The van der Waals surface area contributed by atoms with Gasteiger partial charge in [0.2, 0.25) is 0 Å². The number of nitrogens with one attached hydrogen (secondary N) is 1. The lowest BCUT2D eigenvalue weighted by molar-refractivity contribution is -0.858. The van der Waals surface area contributed by atoms with Crippen LogP contribution >= 0.6 is 7.82 Å². The monoisotopic (exact) mass is 570 g/mol. The van der Waals surface area contributed by atoms with Crippen LogP contribution in [0.3, 0.4) is 0 Å². The standard InChI is InChI=1S/C31H56NO6P/c1-5-7-8-9-10-11-12-13-14-15-16-22-36-31-20-17-19-28(26-31)24-29(25-30(33)18-6-2)27-38-39(34,35)37-23-21-32(3)4/h17,19-20,26,29H,5-16,18,21-25,27H2,1-4H3,(H,34,35)/p+1. The maximum atomic E-state index is 12.4. The summed E-state index contributed by atoms with van der Waals surface area (Å²) in [5, 5.41) is 0. The van der Waals surface area contributed by atoms with Gasteiger partial charge in [0.15, 0.2) is 0 Å². The second-order valence-electron chi connectivity index (χ2n) is 11.1. The van der Waals surface area contributed by atoms with Crippen LogP contribution in [0.1, 0.15) is 109 Å². The molecule has 0 heterocycles. The summed E-state index contributed by atoms with van der Waals surface area (Å²) in [6.45, 7) is 5.65. The van der Waals surface area contributed by atoms with Gasteiger partial charge in [-0.05, 0) is 42.9 Å². The van der Waals surface area contributed by atoms with Crippen LogP contribution in [-0.4, -0.2) is 51.1 Å². The second-order valence-corrected chi connectivity index (χ2v) is 12.6. The Kier molecular flexibility index (Phi) is 20.6. The number of unbranched alkanes of at least 4 members (excludes halogenated alkanes) is 10. The number of Topliss-reactive ketones (excluding diaryl/α,β-unsaturated/α-hetero) is 1. The number of ether oxygens (including phenoxy) is 1. The lowest BCUT2D eigenvalue weighted by Gasteiger charge is -2.19. The number of quaternary nitrogens is 1. The predicted molar refractivity (Wildman–Crippen MR) is 160 cm³/mol. The van der Waals surface area contributed by atoms with E-state index in [1.165, 1.54) is 64.2 Å². The number of likely N-dealkylation sites (N-methyl/N-ethyl adjacent to an activating group) is 1. The third-order valence-corrected chi connectivity index (χ3v) is 7.80. The first-order valence-corrected chi connectivity index (χ1v) is 16.9. The van der Waals surface area contributed by atoms with Gasteiger partial charge in [0.25, 0.3) is 0 Å². The molecule has 0 spiro atoms. The van der Waals surface area contributed by atoms with Gasteiger partial charge >= 0.3 is 7.82 Å². The van der Waals surface area contributed by atoms with Crippen molar-refractivity contribution in [1.82, 2.24) is 0 Å². The molecule has 2 N–H and O–H groups in total. The van der Waals surface area contributed by atoms with E-state index in [0.29, 0.717) is 32.4 Å². The normalized spacial score (nSPS) is 13.9. The minimum absolute atomic E-state index is 0.0120. The van der Waals surface area contributed by atoms with Crippen LogP contribution in [-0.2, 0) is 24.8 Å². The first-order chi connectivity index (χ1) is 18.8. The Hall–Kier alpha value is -1.24. The fraction of sp³-hybridized carbons (Fsp3) is 0.774. The molecule has 0 fully saturated rings. The van der Waals surface area contributed by atoms with Crippen LogP contribution in [0.25, 0.3) is 0 Å². The maximum Gasteiger partial charge on any atom is 0.472 e. The lowest BCUT2D eigenvalue weighted by atomic mass is 9.94. The SMILES string of the molecule is CCCCCCCCCCCCCOc1cccc(CC(COP(=O)(O)OCC[NH+](C)C)CC(=O)CCC)c1. The minimum atomic E-state index is -4.16. The van der Waals surface area contributed by atoms with E-state index in [4.69, 9.17) is 13.8 Å². The summed E-state index contributed by atoms with van der Waals surface area (Å²) in [7, 11) is -0.278. The third-order valence-electron chi connectivity index (χ3n) is 6.81. The molecule has 0 aliphatic heterocycles. The van der Waals surface area contributed by atoms with Gasteiger partial charge in [-0.1, -0.05) is 90.2 Å². The number of phosphoric acid groups is 1. The summed E-state index contributed by atoms with van der Waals surface area (Å²) >= 11 is 0. The van der Waals surface area contributed by atoms with E-state index in [-0.39, 0.29) is 24.9 Å². The molecule has 1 aromatic rings. The van der Waals surface area contributed by atoms with E-state index < -0.39 is 7.82 Å². The molecule has 2 atom stereocenters. The zero-order chi connectivity index (χ0) is 28.8. The summed E-state index contributed by atoms with van der Waals surface area (Å²) < 4.78 is 28.7. The van der Waals surface area contributed by atoms with Crippen molar-refractivity contribution in [2.24, 2.45) is 5.92 Å². The highest BCUT2D eigenvalue weighted by atomic mass is 31.2. The summed E-state index contributed by atoms with van der Waals surface area (Å²) in [5.74, 6) is 0.746. The summed E-state index contributed by atoms with van der Waals surface area (Å²) in [6.07, 6.45) is 16.5. The van der Waals surface area contributed by atoms with Gasteiger partial charge in [-0.3, -0.25) is 13.8 Å². The first kappa shape index (κ1) is 35.8. The highest BCUT2D eigenvalue weighted by molar-refractivity contribution is 7.47. The van der Waals surface area contributed by atoms with Gasteiger partial charge in [-0.25, -0.2) is 4.57 Å². The molecule has 0 aliphatic carbocycles. The second kappa shape index (κ2) is 22.4. The number of ketones is 1. The number of carbonyl (C=O) groups excluding carboxylic acids is 1. The number of hydrogen-bond donors (Lipinski definition) is 2. The van der Waals surface area contributed by atoms with E-state index >= 15 is 0 Å². The molecule has 0 radical (unpaired) electrons. The van der Waals surface area contributed by atoms with Gasteiger partial charge in [0, 0.05) is 12.8 Å². The molecule has 226 valence electrons. The summed E-state index contributed by atoms with van der Waals surface area (Å²) in [4.78, 5) is 23.6. The Balaban J connectivity index is 2.44. The van der Waals surface area contributed by atoms with Crippen molar-refractivity contribution in [3.8, 4) is 5.75 Å². The largest absolute Gasteiger partial charge is 0.494 e. The average molecular weight is 571 g/mol. The van der Waals surface area contributed by atoms with Crippen molar-refractivity contribution in [1.29, 1.82) is 0 Å². The van der Waals surface area contributed by atoms with Crippen molar-refractivity contribution in [2.45, 2.75) is 110 Å². The Morgan fingerprint density at radius 2 is 1.54 bits per heavy atom. The molecule has 1 aromatic carbocycles. The van der Waals surface area contributed by atoms with Crippen LogP contribution in [0.15, 0.2) is 24.3 Å². The van der Waals surface area contributed by atoms with Crippen LogP contribution in [0.2, 0.25) is 0 Å².